The Morgan fingerprint density at radius 1 is 1.21 bits per heavy atom. The monoisotopic (exact) mass is 394 g/mol. The standard InChI is InChI=1S/C22H23FN4S/c1-27-12-16(26-22(28)25-15-7-5-14(23)6-8-15)10-18-17-3-2-4-19-21(17)13(11-24-19)9-20(18)27/h2-8,11,16,18,20,24H,9-10,12H2,1H3,(H2,25,26,28)/t16-,18+,20+/m0/s1. The van der Waals surface area contributed by atoms with Crippen molar-refractivity contribution in [3.05, 3.63) is 65.6 Å². The molecule has 4 nitrogen and oxygen atoms in total. The van der Waals surface area contributed by atoms with Crippen molar-refractivity contribution in [3.8, 4) is 0 Å². The fraction of sp³-hybridized carbons (Fsp3) is 0.318. The lowest BCUT2D eigenvalue weighted by molar-refractivity contribution is 0.135. The number of likely N-dealkylation sites (tertiary alicyclic amines) is 1. The highest BCUT2D eigenvalue weighted by atomic mass is 32.1. The summed E-state index contributed by atoms with van der Waals surface area (Å²) in [6.07, 6.45) is 4.30. The summed E-state index contributed by atoms with van der Waals surface area (Å²) < 4.78 is 13.1. The summed E-state index contributed by atoms with van der Waals surface area (Å²) in [7, 11) is 2.21. The lowest BCUT2D eigenvalue weighted by Crippen LogP contribution is -2.55. The van der Waals surface area contributed by atoms with Crippen LogP contribution in [0.25, 0.3) is 10.9 Å². The lowest BCUT2D eigenvalue weighted by atomic mass is 9.74. The predicted molar refractivity (Wildman–Crippen MR) is 115 cm³/mol. The quantitative estimate of drug-likeness (QED) is 0.575. The first kappa shape index (κ1) is 17.6. The van der Waals surface area contributed by atoms with Gasteiger partial charge in [-0.3, -0.25) is 0 Å². The largest absolute Gasteiger partial charge is 0.361 e. The molecule has 0 radical (unpaired) electrons. The SMILES string of the molecule is CN1C[C@@H](NC(=S)Nc2ccc(F)cc2)C[C@@H]2c3cccc4[nH]cc(c34)C[C@H]21. The maximum Gasteiger partial charge on any atom is 0.171 e. The number of nitrogens with one attached hydrogen (secondary N) is 3. The van der Waals surface area contributed by atoms with Gasteiger partial charge in [-0.1, -0.05) is 12.1 Å². The molecule has 3 N–H and O–H groups in total. The number of aromatic amines is 1. The van der Waals surface area contributed by atoms with E-state index in [-0.39, 0.29) is 11.9 Å². The van der Waals surface area contributed by atoms with E-state index in [9.17, 15) is 4.39 Å². The second-order valence-electron chi connectivity index (χ2n) is 7.94. The van der Waals surface area contributed by atoms with E-state index < -0.39 is 0 Å². The summed E-state index contributed by atoms with van der Waals surface area (Å²) in [4.78, 5) is 5.89. The third-order valence-corrected chi connectivity index (χ3v) is 6.38. The van der Waals surface area contributed by atoms with Gasteiger partial charge >= 0.3 is 0 Å². The number of likely N-dealkylation sites (N-methyl/N-ethyl adjacent to an activating group) is 1. The molecule has 2 aliphatic rings. The van der Waals surface area contributed by atoms with E-state index in [1.54, 1.807) is 12.1 Å². The molecule has 1 saturated heterocycles. The van der Waals surface area contributed by atoms with Gasteiger partial charge in [-0.15, -0.1) is 0 Å². The number of fused-ring (bicyclic) bond motifs is 2. The Balaban J connectivity index is 1.34. The highest BCUT2D eigenvalue weighted by Crippen LogP contribution is 2.42. The van der Waals surface area contributed by atoms with Crippen LogP contribution in [-0.4, -0.2) is 40.7 Å². The Morgan fingerprint density at radius 2 is 2.04 bits per heavy atom. The van der Waals surface area contributed by atoms with Crippen molar-refractivity contribution < 1.29 is 4.39 Å². The number of hydrogen-bond acceptors (Lipinski definition) is 2. The minimum absolute atomic E-state index is 0.250. The van der Waals surface area contributed by atoms with Gasteiger partial charge in [0.15, 0.2) is 5.11 Å². The summed E-state index contributed by atoms with van der Waals surface area (Å²) in [6, 6.07) is 13.6. The number of aromatic nitrogens is 1. The first-order chi connectivity index (χ1) is 13.6. The second kappa shape index (κ2) is 6.87. The molecule has 144 valence electrons. The number of rotatable bonds is 2. The zero-order valence-electron chi connectivity index (χ0n) is 15.7. The Bertz CT molecular complexity index is 1030. The van der Waals surface area contributed by atoms with Gasteiger partial charge in [0.1, 0.15) is 5.82 Å². The molecule has 3 aromatic rings. The molecule has 5 rings (SSSR count). The Hall–Kier alpha value is -2.44. The summed E-state index contributed by atoms with van der Waals surface area (Å²) >= 11 is 5.51. The van der Waals surface area contributed by atoms with Crippen molar-refractivity contribution in [2.24, 2.45) is 0 Å². The Labute approximate surface area is 169 Å². The molecule has 1 aromatic heterocycles. The van der Waals surface area contributed by atoms with Crippen LogP contribution in [0.3, 0.4) is 0 Å². The predicted octanol–water partition coefficient (Wildman–Crippen LogP) is 4.01. The van der Waals surface area contributed by atoms with Gasteiger partial charge in [-0.2, -0.15) is 0 Å². The fourth-order valence-electron chi connectivity index (χ4n) is 4.93. The van der Waals surface area contributed by atoms with Gasteiger partial charge in [-0.25, -0.2) is 4.39 Å². The fourth-order valence-corrected chi connectivity index (χ4v) is 5.22. The first-order valence-electron chi connectivity index (χ1n) is 9.70. The first-order valence-corrected chi connectivity index (χ1v) is 10.1. The van der Waals surface area contributed by atoms with E-state index in [1.165, 1.54) is 34.2 Å². The Kier molecular flexibility index (Phi) is 4.33. The van der Waals surface area contributed by atoms with Gasteiger partial charge in [0.2, 0.25) is 0 Å². The topological polar surface area (TPSA) is 43.1 Å². The number of hydrogen-bond donors (Lipinski definition) is 3. The second-order valence-corrected chi connectivity index (χ2v) is 8.35. The highest BCUT2D eigenvalue weighted by molar-refractivity contribution is 7.80. The molecule has 0 amide bonds. The van der Waals surface area contributed by atoms with Gasteiger partial charge in [0.25, 0.3) is 0 Å². The normalized spacial score (nSPS) is 24.0. The molecule has 0 spiro atoms. The minimum Gasteiger partial charge on any atom is -0.361 e. The molecule has 0 saturated carbocycles. The average molecular weight is 395 g/mol. The minimum atomic E-state index is -0.250. The maximum atomic E-state index is 13.1. The van der Waals surface area contributed by atoms with Crippen LogP contribution in [0.15, 0.2) is 48.7 Å². The summed E-state index contributed by atoms with van der Waals surface area (Å²) in [6.45, 7) is 0.947. The number of nitrogens with zero attached hydrogens (tertiary/aromatic N) is 1. The van der Waals surface area contributed by atoms with Crippen molar-refractivity contribution in [1.82, 2.24) is 15.2 Å². The van der Waals surface area contributed by atoms with Crippen LogP contribution in [0.1, 0.15) is 23.5 Å². The summed E-state index contributed by atoms with van der Waals surface area (Å²) in [5.74, 6) is 0.233. The number of anilines is 1. The van der Waals surface area contributed by atoms with E-state index in [1.807, 2.05) is 0 Å². The Morgan fingerprint density at radius 3 is 2.86 bits per heavy atom. The molecular weight excluding hydrogens is 371 g/mol. The van der Waals surface area contributed by atoms with Gasteiger partial charge in [0.05, 0.1) is 0 Å². The molecule has 0 unspecified atom stereocenters. The summed E-state index contributed by atoms with van der Waals surface area (Å²) in [5, 5.41) is 8.63. The third kappa shape index (κ3) is 3.06. The number of piperidine rings is 1. The highest BCUT2D eigenvalue weighted by Gasteiger charge is 2.39. The number of H-pyrrole nitrogens is 1. The van der Waals surface area contributed by atoms with E-state index in [4.69, 9.17) is 12.2 Å². The van der Waals surface area contributed by atoms with Crippen LogP contribution in [0.4, 0.5) is 10.1 Å². The van der Waals surface area contributed by atoms with Crippen LogP contribution < -0.4 is 10.6 Å². The lowest BCUT2D eigenvalue weighted by Gasteiger charge is -2.45. The van der Waals surface area contributed by atoms with Crippen LogP contribution in [-0.2, 0) is 6.42 Å². The van der Waals surface area contributed by atoms with Gasteiger partial charge in [-0.05, 0) is 73.6 Å². The number of halogens is 1. The van der Waals surface area contributed by atoms with Crippen molar-refractivity contribution in [1.29, 1.82) is 0 Å². The molecule has 1 aliphatic heterocycles. The van der Waals surface area contributed by atoms with E-state index >= 15 is 0 Å². The van der Waals surface area contributed by atoms with Crippen molar-refractivity contribution in [2.45, 2.75) is 30.8 Å². The molecule has 3 atom stereocenters. The van der Waals surface area contributed by atoms with Crippen molar-refractivity contribution >= 4 is 33.9 Å². The van der Waals surface area contributed by atoms with Crippen LogP contribution in [0.5, 0.6) is 0 Å². The van der Waals surface area contributed by atoms with Crippen LogP contribution >= 0.6 is 12.2 Å². The molecule has 2 heterocycles. The smallest absolute Gasteiger partial charge is 0.171 e. The van der Waals surface area contributed by atoms with Gasteiger partial charge < -0.3 is 20.5 Å². The van der Waals surface area contributed by atoms with E-state index in [0.29, 0.717) is 17.1 Å². The average Bonchev–Trinajstić information content (AvgIpc) is 3.09. The molecule has 28 heavy (non-hydrogen) atoms. The van der Waals surface area contributed by atoms with Crippen LogP contribution in [0.2, 0.25) is 0 Å². The van der Waals surface area contributed by atoms with Crippen molar-refractivity contribution in [2.75, 3.05) is 18.9 Å². The maximum absolute atomic E-state index is 13.1. The molecule has 1 fully saturated rings. The third-order valence-electron chi connectivity index (χ3n) is 6.16. The van der Waals surface area contributed by atoms with Gasteiger partial charge in [0, 0.05) is 47.3 Å². The van der Waals surface area contributed by atoms with Crippen molar-refractivity contribution in [3.63, 3.8) is 0 Å². The molecule has 1 aliphatic carbocycles. The molecular formula is C22H23FN4S. The number of thiocarbonyl (C=S) groups is 1. The molecule has 2 aromatic carbocycles. The zero-order chi connectivity index (χ0) is 19.3. The van der Waals surface area contributed by atoms with E-state index in [0.717, 1.165) is 25.1 Å². The molecule has 6 heteroatoms. The number of benzene rings is 2. The zero-order valence-corrected chi connectivity index (χ0v) is 16.5. The molecule has 0 bridgehead atoms. The summed E-state index contributed by atoms with van der Waals surface area (Å²) in [5.41, 5.74) is 4.90. The van der Waals surface area contributed by atoms with Crippen LogP contribution in [0, 0.1) is 5.82 Å². The van der Waals surface area contributed by atoms with E-state index in [2.05, 4.69) is 52.0 Å².